The molecule has 0 aliphatic rings. The van der Waals surface area contributed by atoms with E-state index in [1.165, 1.54) is 0 Å². The SMILES string of the molecule is CC(Cc1cc(C#N)c2[nH]c(CCCCl)cc2c1)[N+](=O)[O-]. The molecule has 1 atom stereocenters. The first-order valence-electron chi connectivity index (χ1n) is 6.79. The van der Waals surface area contributed by atoms with E-state index in [0.717, 1.165) is 35.0 Å². The molecule has 1 heterocycles. The van der Waals surface area contributed by atoms with Gasteiger partial charge in [0.25, 0.3) is 0 Å². The number of nitriles is 1. The van der Waals surface area contributed by atoms with Crippen molar-refractivity contribution in [2.24, 2.45) is 0 Å². The summed E-state index contributed by atoms with van der Waals surface area (Å²) >= 11 is 5.69. The van der Waals surface area contributed by atoms with Crippen LogP contribution in [0.1, 0.15) is 30.2 Å². The minimum atomic E-state index is -0.663. The number of alkyl halides is 1. The molecule has 5 nitrogen and oxygen atoms in total. The van der Waals surface area contributed by atoms with Gasteiger partial charge in [0.1, 0.15) is 6.07 Å². The first kappa shape index (κ1) is 15.3. The summed E-state index contributed by atoms with van der Waals surface area (Å²) in [5, 5.41) is 21.0. The lowest BCUT2D eigenvalue weighted by molar-refractivity contribution is -0.517. The molecule has 1 N–H and O–H groups in total. The Morgan fingerprint density at radius 1 is 1.48 bits per heavy atom. The fourth-order valence-electron chi connectivity index (χ4n) is 2.38. The molecule has 2 rings (SSSR count). The number of fused-ring (bicyclic) bond motifs is 1. The third-order valence-electron chi connectivity index (χ3n) is 3.44. The van der Waals surface area contributed by atoms with Gasteiger partial charge in [-0.3, -0.25) is 10.1 Å². The second-order valence-corrected chi connectivity index (χ2v) is 5.52. The van der Waals surface area contributed by atoms with Gasteiger partial charge < -0.3 is 4.98 Å². The minimum absolute atomic E-state index is 0.306. The van der Waals surface area contributed by atoms with Crippen LogP contribution in [0.5, 0.6) is 0 Å². The Morgan fingerprint density at radius 2 is 2.24 bits per heavy atom. The van der Waals surface area contributed by atoms with Gasteiger partial charge in [0.05, 0.1) is 11.1 Å². The third-order valence-corrected chi connectivity index (χ3v) is 3.70. The van der Waals surface area contributed by atoms with Crippen molar-refractivity contribution in [3.05, 3.63) is 45.1 Å². The second kappa shape index (κ2) is 6.59. The van der Waals surface area contributed by atoms with Crippen molar-refractivity contribution < 1.29 is 4.92 Å². The number of hydrogen-bond acceptors (Lipinski definition) is 3. The Kier molecular flexibility index (Phi) is 4.81. The number of benzene rings is 1. The molecule has 1 unspecified atom stereocenters. The van der Waals surface area contributed by atoms with Crippen molar-refractivity contribution >= 4 is 22.5 Å². The summed E-state index contributed by atoms with van der Waals surface area (Å²) in [5.74, 6) is 0.589. The van der Waals surface area contributed by atoms with Crippen LogP contribution >= 0.6 is 11.6 Å². The molecule has 0 saturated carbocycles. The van der Waals surface area contributed by atoms with Crippen LogP contribution < -0.4 is 0 Å². The topological polar surface area (TPSA) is 82.7 Å². The number of rotatable bonds is 6. The lowest BCUT2D eigenvalue weighted by Crippen LogP contribution is -2.17. The van der Waals surface area contributed by atoms with Gasteiger partial charge in [0, 0.05) is 35.2 Å². The van der Waals surface area contributed by atoms with Crippen LogP contribution in [0.4, 0.5) is 0 Å². The monoisotopic (exact) mass is 305 g/mol. The Morgan fingerprint density at radius 3 is 2.86 bits per heavy atom. The summed E-state index contributed by atoms with van der Waals surface area (Å²) < 4.78 is 0. The molecule has 1 aromatic heterocycles. The molecular formula is C15H16ClN3O2. The van der Waals surface area contributed by atoms with Crippen LogP contribution in [0.15, 0.2) is 18.2 Å². The van der Waals surface area contributed by atoms with E-state index in [9.17, 15) is 15.4 Å². The highest BCUT2D eigenvalue weighted by molar-refractivity contribution is 6.17. The van der Waals surface area contributed by atoms with Gasteiger partial charge in [0.2, 0.25) is 6.04 Å². The largest absolute Gasteiger partial charge is 0.357 e. The zero-order chi connectivity index (χ0) is 15.4. The summed E-state index contributed by atoms with van der Waals surface area (Å²) in [6.07, 6.45) is 2.00. The van der Waals surface area contributed by atoms with Crippen LogP contribution in [0.2, 0.25) is 0 Å². The average Bonchev–Trinajstić information content (AvgIpc) is 2.86. The maximum absolute atomic E-state index is 10.8. The maximum atomic E-state index is 10.8. The first-order chi connectivity index (χ1) is 10.0. The molecule has 0 amide bonds. The fraction of sp³-hybridized carbons (Fsp3) is 0.400. The van der Waals surface area contributed by atoms with Crippen molar-refractivity contribution in [1.82, 2.24) is 4.98 Å². The van der Waals surface area contributed by atoms with Crippen LogP contribution in [-0.4, -0.2) is 21.8 Å². The zero-order valence-corrected chi connectivity index (χ0v) is 12.5. The Bertz CT molecular complexity index is 703. The van der Waals surface area contributed by atoms with Crippen molar-refractivity contribution in [2.75, 3.05) is 5.88 Å². The van der Waals surface area contributed by atoms with Crippen molar-refractivity contribution in [2.45, 2.75) is 32.2 Å². The molecule has 0 aliphatic carbocycles. The normalized spacial score (nSPS) is 12.2. The van der Waals surface area contributed by atoms with Gasteiger partial charge in [0.15, 0.2) is 0 Å². The second-order valence-electron chi connectivity index (χ2n) is 5.15. The van der Waals surface area contributed by atoms with E-state index in [-0.39, 0.29) is 4.92 Å². The zero-order valence-electron chi connectivity index (χ0n) is 11.7. The number of nitrogens with one attached hydrogen (secondary N) is 1. The summed E-state index contributed by atoms with van der Waals surface area (Å²) in [6, 6.07) is 7.12. The molecule has 0 bridgehead atoms. The van der Waals surface area contributed by atoms with Crippen molar-refractivity contribution in [3.8, 4) is 6.07 Å². The first-order valence-corrected chi connectivity index (χ1v) is 7.32. The van der Waals surface area contributed by atoms with Crippen molar-refractivity contribution in [1.29, 1.82) is 5.26 Å². The highest BCUT2D eigenvalue weighted by Gasteiger charge is 2.16. The van der Waals surface area contributed by atoms with Gasteiger partial charge in [-0.25, -0.2) is 0 Å². The van der Waals surface area contributed by atoms with Crippen LogP contribution in [0.3, 0.4) is 0 Å². The number of aryl methyl sites for hydroxylation is 1. The summed E-state index contributed by atoms with van der Waals surface area (Å²) in [5.41, 5.74) is 3.16. The van der Waals surface area contributed by atoms with Crippen LogP contribution in [0.25, 0.3) is 10.9 Å². The molecule has 0 saturated heterocycles. The van der Waals surface area contributed by atoms with Gasteiger partial charge in [-0.15, -0.1) is 11.6 Å². The van der Waals surface area contributed by atoms with E-state index in [1.807, 2.05) is 12.1 Å². The molecule has 6 heteroatoms. The molecule has 1 aromatic carbocycles. The fourth-order valence-corrected chi connectivity index (χ4v) is 2.51. The standard InChI is InChI=1S/C15H16ClN3O2/c1-10(19(20)21)5-11-6-12-8-14(3-2-4-16)18-15(12)13(7-11)9-17/h6-8,10,18H,2-5H2,1H3. The number of nitro groups is 1. The number of aromatic nitrogens is 1. The Balaban J connectivity index is 2.37. The molecule has 0 spiro atoms. The Hall–Kier alpha value is -2.06. The summed E-state index contributed by atoms with van der Waals surface area (Å²) in [4.78, 5) is 13.7. The van der Waals surface area contributed by atoms with E-state index in [2.05, 4.69) is 11.1 Å². The predicted molar refractivity (Wildman–Crippen MR) is 82.2 cm³/mol. The molecule has 0 radical (unpaired) electrons. The number of halogens is 1. The summed E-state index contributed by atoms with van der Waals surface area (Å²) in [7, 11) is 0. The molecule has 2 aromatic rings. The lowest BCUT2D eigenvalue weighted by atomic mass is 10.0. The van der Waals surface area contributed by atoms with E-state index in [4.69, 9.17) is 11.6 Å². The predicted octanol–water partition coefficient (Wildman–Crippen LogP) is 3.42. The van der Waals surface area contributed by atoms with E-state index in [0.29, 0.717) is 17.9 Å². The highest BCUT2D eigenvalue weighted by Crippen LogP contribution is 2.23. The quantitative estimate of drug-likeness (QED) is 0.504. The molecular weight excluding hydrogens is 290 g/mol. The van der Waals surface area contributed by atoms with Crippen LogP contribution in [-0.2, 0) is 12.8 Å². The smallest absolute Gasteiger partial charge is 0.214 e. The Labute approximate surface area is 127 Å². The van der Waals surface area contributed by atoms with Crippen molar-refractivity contribution in [3.63, 3.8) is 0 Å². The van der Waals surface area contributed by atoms with Gasteiger partial charge >= 0.3 is 0 Å². The van der Waals surface area contributed by atoms with E-state index >= 15 is 0 Å². The minimum Gasteiger partial charge on any atom is -0.357 e. The number of hydrogen-bond donors (Lipinski definition) is 1. The van der Waals surface area contributed by atoms with Crippen LogP contribution in [0, 0.1) is 21.4 Å². The van der Waals surface area contributed by atoms with E-state index in [1.54, 1.807) is 13.0 Å². The summed E-state index contributed by atoms with van der Waals surface area (Å²) in [6.45, 7) is 1.57. The maximum Gasteiger partial charge on any atom is 0.214 e. The third kappa shape index (κ3) is 3.53. The number of nitrogens with zero attached hydrogens (tertiary/aromatic N) is 2. The molecule has 0 fully saturated rings. The highest BCUT2D eigenvalue weighted by atomic mass is 35.5. The molecule has 110 valence electrons. The van der Waals surface area contributed by atoms with E-state index < -0.39 is 6.04 Å². The van der Waals surface area contributed by atoms with Gasteiger partial charge in [-0.1, -0.05) is 0 Å². The molecule has 21 heavy (non-hydrogen) atoms. The number of aromatic amines is 1. The average molecular weight is 306 g/mol. The number of H-pyrrole nitrogens is 1. The molecule has 0 aliphatic heterocycles. The lowest BCUT2D eigenvalue weighted by Gasteiger charge is -2.05. The van der Waals surface area contributed by atoms with Gasteiger partial charge in [-0.05, 0) is 36.6 Å². The van der Waals surface area contributed by atoms with Gasteiger partial charge in [-0.2, -0.15) is 5.26 Å².